The van der Waals surface area contributed by atoms with Gasteiger partial charge in [-0.2, -0.15) is 4.68 Å². The SMILES string of the molecule is Fc1ccc(N2CCN(Cn3nnn(-c4cccc(Cl)c4)c3=S)CC2)cc1. The predicted octanol–water partition coefficient (Wildman–Crippen LogP) is 3.37. The van der Waals surface area contributed by atoms with Crippen LogP contribution in [0.4, 0.5) is 10.1 Å². The first-order valence-electron chi connectivity index (χ1n) is 8.62. The average Bonchev–Trinajstić information content (AvgIpc) is 3.04. The third-order valence-corrected chi connectivity index (χ3v) is 5.21. The highest BCUT2D eigenvalue weighted by Gasteiger charge is 2.18. The monoisotopic (exact) mass is 404 g/mol. The molecule has 1 aliphatic heterocycles. The van der Waals surface area contributed by atoms with E-state index in [2.05, 4.69) is 20.2 Å². The highest BCUT2D eigenvalue weighted by Crippen LogP contribution is 2.18. The third-order valence-electron chi connectivity index (χ3n) is 4.59. The normalized spacial score (nSPS) is 15.3. The van der Waals surface area contributed by atoms with Crippen LogP contribution in [-0.2, 0) is 6.67 Å². The van der Waals surface area contributed by atoms with Gasteiger partial charge >= 0.3 is 0 Å². The Labute approximate surface area is 166 Å². The standard InChI is InChI=1S/C18H18ClFN6S/c19-14-2-1-3-17(12-14)26-18(27)25(21-22-26)13-23-8-10-24(11-9-23)16-6-4-15(20)5-7-16/h1-7,12H,8-11,13H2. The molecule has 1 aromatic heterocycles. The average molecular weight is 405 g/mol. The number of hydrogen-bond acceptors (Lipinski definition) is 5. The minimum atomic E-state index is -0.213. The fourth-order valence-corrected chi connectivity index (χ4v) is 3.54. The molecular weight excluding hydrogens is 387 g/mol. The Morgan fingerprint density at radius 3 is 2.41 bits per heavy atom. The van der Waals surface area contributed by atoms with Crippen molar-refractivity contribution in [2.24, 2.45) is 0 Å². The van der Waals surface area contributed by atoms with Gasteiger partial charge in [0, 0.05) is 36.9 Å². The van der Waals surface area contributed by atoms with Gasteiger partial charge in [-0.1, -0.05) is 17.7 Å². The zero-order chi connectivity index (χ0) is 18.8. The van der Waals surface area contributed by atoms with Crippen LogP contribution in [0.3, 0.4) is 0 Å². The molecular formula is C18H18ClFN6S. The van der Waals surface area contributed by atoms with Crippen molar-refractivity contribution < 1.29 is 4.39 Å². The minimum Gasteiger partial charge on any atom is -0.369 e. The van der Waals surface area contributed by atoms with E-state index in [1.54, 1.807) is 21.5 Å². The van der Waals surface area contributed by atoms with Gasteiger partial charge in [-0.25, -0.2) is 9.07 Å². The van der Waals surface area contributed by atoms with E-state index in [0.717, 1.165) is 37.6 Å². The number of rotatable bonds is 4. The molecule has 0 spiro atoms. The van der Waals surface area contributed by atoms with Gasteiger partial charge < -0.3 is 4.90 Å². The van der Waals surface area contributed by atoms with Gasteiger partial charge in [-0.05, 0) is 65.1 Å². The molecule has 1 saturated heterocycles. The smallest absolute Gasteiger partial charge is 0.221 e. The summed E-state index contributed by atoms with van der Waals surface area (Å²) in [4.78, 5) is 4.52. The summed E-state index contributed by atoms with van der Waals surface area (Å²) in [6, 6.07) is 14.0. The molecule has 0 bridgehead atoms. The summed E-state index contributed by atoms with van der Waals surface area (Å²) in [6.07, 6.45) is 0. The van der Waals surface area contributed by atoms with Crippen molar-refractivity contribution in [2.75, 3.05) is 31.1 Å². The molecule has 2 aromatic carbocycles. The number of halogens is 2. The molecule has 1 fully saturated rings. The highest BCUT2D eigenvalue weighted by molar-refractivity contribution is 7.71. The number of piperazine rings is 1. The second-order valence-electron chi connectivity index (χ2n) is 6.38. The van der Waals surface area contributed by atoms with Gasteiger partial charge in [0.15, 0.2) is 0 Å². The molecule has 6 nitrogen and oxygen atoms in total. The van der Waals surface area contributed by atoms with Gasteiger partial charge in [0.05, 0.1) is 12.4 Å². The molecule has 27 heavy (non-hydrogen) atoms. The second kappa shape index (κ2) is 7.75. The Balaban J connectivity index is 1.41. The maximum atomic E-state index is 13.1. The van der Waals surface area contributed by atoms with Crippen LogP contribution in [0.25, 0.3) is 5.69 Å². The highest BCUT2D eigenvalue weighted by atomic mass is 35.5. The molecule has 0 amide bonds. The molecule has 2 heterocycles. The summed E-state index contributed by atoms with van der Waals surface area (Å²) in [6.45, 7) is 4.03. The fourth-order valence-electron chi connectivity index (χ4n) is 3.12. The van der Waals surface area contributed by atoms with Crippen molar-refractivity contribution in [2.45, 2.75) is 6.67 Å². The Bertz CT molecular complexity index is 978. The van der Waals surface area contributed by atoms with Gasteiger partial charge in [-0.15, -0.1) is 0 Å². The van der Waals surface area contributed by atoms with Crippen LogP contribution >= 0.6 is 23.8 Å². The van der Waals surface area contributed by atoms with Crippen molar-refractivity contribution >= 4 is 29.5 Å². The lowest BCUT2D eigenvalue weighted by molar-refractivity contribution is 0.193. The maximum absolute atomic E-state index is 13.1. The number of aromatic nitrogens is 4. The number of hydrogen-bond donors (Lipinski definition) is 0. The molecule has 0 radical (unpaired) electrons. The first-order chi connectivity index (χ1) is 13.1. The predicted molar refractivity (Wildman–Crippen MR) is 105 cm³/mol. The van der Waals surface area contributed by atoms with Crippen molar-refractivity contribution in [3.63, 3.8) is 0 Å². The first-order valence-corrected chi connectivity index (χ1v) is 9.40. The third kappa shape index (κ3) is 4.02. The van der Waals surface area contributed by atoms with Gasteiger partial charge in [0.25, 0.3) is 0 Å². The minimum absolute atomic E-state index is 0.213. The zero-order valence-electron chi connectivity index (χ0n) is 14.5. The summed E-state index contributed by atoms with van der Waals surface area (Å²) in [5, 5.41) is 8.97. The second-order valence-corrected chi connectivity index (χ2v) is 7.18. The molecule has 0 N–H and O–H groups in total. The molecule has 4 rings (SSSR count). The first kappa shape index (κ1) is 18.1. The van der Waals surface area contributed by atoms with Gasteiger partial charge in [-0.3, -0.25) is 4.90 Å². The van der Waals surface area contributed by atoms with Crippen LogP contribution in [0.2, 0.25) is 5.02 Å². The summed E-state index contributed by atoms with van der Waals surface area (Å²) >= 11 is 11.6. The lowest BCUT2D eigenvalue weighted by atomic mass is 10.2. The van der Waals surface area contributed by atoms with Crippen LogP contribution < -0.4 is 4.90 Å². The number of benzene rings is 2. The largest absolute Gasteiger partial charge is 0.369 e. The Kier molecular flexibility index (Phi) is 5.20. The van der Waals surface area contributed by atoms with Crippen LogP contribution in [0.15, 0.2) is 48.5 Å². The maximum Gasteiger partial charge on any atom is 0.221 e. The molecule has 0 saturated carbocycles. The Morgan fingerprint density at radius 1 is 0.963 bits per heavy atom. The van der Waals surface area contributed by atoms with Crippen LogP contribution in [-0.4, -0.2) is 50.9 Å². The Morgan fingerprint density at radius 2 is 1.70 bits per heavy atom. The van der Waals surface area contributed by atoms with Crippen molar-refractivity contribution in [3.8, 4) is 5.69 Å². The fraction of sp³-hybridized carbons (Fsp3) is 0.278. The van der Waals surface area contributed by atoms with E-state index in [9.17, 15) is 4.39 Å². The van der Waals surface area contributed by atoms with E-state index in [-0.39, 0.29) is 5.82 Å². The van der Waals surface area contributed by atoms with E-state index in [1.807, 2.05) is 24.3 Å². The van der Waals surface area contributed by atoms with Crippen LogP contribution in [0.5, 0.6) is 0 Å². The van der Waals surface area contributed by atoms with E-state index in [1.165, 1.54) is 12.1 Å². The molecule has 0 atom stereocenters. The molecule has 3 aromatic rings. The van der Waals surface area contributed by atoms with Crippen LogP contribution in [0.1, 0.15) is 0 Å². The molecule has 0 aliphatic carbocycles. The summed E-state index contributed by atoms with van der Waals surface area (Å²) in [5.74, 6) is -0.213. The summed E-state index contributed by atoms with van der Waals surface area (Å²) in [7, 11) is 0. The van der Waals surface area contributed by atoms with E-state index in [0.29, 0.717) is 16.5 Å². The number of nitrogens with zero attached hydrogens (tertiary/aromatic N) is 6. The molecule has 9 heteroatoms. The van der Waals surface area contributed by atoms with Crippen molar-refractivity contribution in [1.29, 1.82) is 0 Å². The topological polar surface area (TPSA) is 42.1 Å². The lowest BCUT2D eigenvalue weighted by Crippen LogP contribution is -2.47. The lowest BCUT2D eigenvalue weighted by Gasteiger charge is -2.35. The molecule has 140 valence electrons. The number of tetrazole rings is 1. The van der Waals surface area contributed by atoms with E-state index < -0.39 is 0 Å². The van der Waals surface area contributed by atoms with Crippen molar-refractivity contribution in [3.05, 3.63) is 64.1 Å². The quantitative estimate of drug-likeness (QED) is 0.624. The van der Waals surface area contributed by atoms with E-state index >= 15 is 0 Å². The van der Waals surface area contributed by atoms with Crippen LogP contribution in [0, 0.1) is 10.6 Å². The zero-order valence-corrected chi connectivity index (χ0v) is 16.1. The van der Waals surface area contributed by atoms with Gasteiger partial charge in [0.1, 0.15) is 5.82 Å². The summed E-state index contributed by atoms with van der Waals surface area (Å²) < 4.78 is 16.9. The molecule has 1 aliphatic rings. The summed E-state index contributed by atoms with van der Waals surface area (Å²) in [5.41, 5.74) is 1.83. The van der Waals surface area contributed by atoms with Gasteiger partial charge in [0.2, 0.25) is 4.77 Å². The Hall–Kier alpha value is -2.29. The van der Waals surface area contributed by atoms with Crippen molar-refractivity contribution in [1.82, 2.24) is 24.7 Å². The van der Waals surface area contributed by atoms with E-state index in [4.69, 9.17) is 23.8 Å². The molecule has 0 unspecified atom stereocenters. The number of anilines is 1.